The first kappa shape index (κ1) is 25.7. The third-order valence-electron chi connectivity index (χ3n) is 6.04. The molecule has 7 heteroatoms. The van der Waals surface area contributed by atoms with Crippen LogP contribution < -0.4 is 0 Å². The highest BCUT2D eigenvalue weighted by molar-refractivity contribution is 9.10. The lowest BCUT2D eigenvalue weighted by atomic mass is 9.91. The molecule has 0 spiro atoms. The van der Waals surface area contributed by atoms with Crippen LogP contribution in [0.3, 0.4) is 0 Å². The predicted molar refractivity (Wildman–Crippen MR) is 145 cm³/mol. The highest BCUT2D eigenvalue weighted by Crippen LogP contribution is 2.42. The van der Waals surface area contributed by atoms with Crippen molar-refractivity contribution in [2.75, 3.05) is 6.61 Å². The second-order valence-electron chi connectivity index (χ2n) is 8.30. The van der Waals surface area contributed by atoms with E-state index in [9.17, 15) is 15.3 Å². The van der Waals surface area contributed by atoms with Crippen molar-refractivity contribution in [2.45, 2.75) is 42.9 Å². The van der Waals surface area contributed by atoms with Crippen molar-refractivity contribution in [2.24, 2.45) is 0 Å². The summed E-state index contributed by atoms with van der Waals surface area (Å²) in [4.78, 5) is 17.4. The molecule has 0 aliphatic heterocycles. The number of carbonyl (C=O) groups excluding carboxylic acids is 1. The van der Waals surface area contributed by atoms with Gasteiger partial charge in [-0.1, -0.05) is 76.6 Å². The standard InChI is InChI=1S/C29H24BrN3O2S/c1-2-35-29(34)25(18-32)22-10-6-7-11-27(22)36-28-24(17-31)23(19-8-4-3-5-9-19)16-26(33-28)20-12-14-21(30)15-13-20/h3-5,8-9,12-16,27H,2,6-7,10-11H2,1H3. The molecule has 1 atom stereocenters. The molecule has 3 aromatic rings. The lowest BCUT2D eigenvalue weighted by Gasteiger charge is -2.26. The van der Waals surface area contributed by atoms with Gasteiger partial charge in [-0.15, -0.1) is 0 Å². The fourth-order valence-corrected chi connectivity index (χ4v) is 5.93. The number of ether oxygens (including phenoxy) is 1. The van der Waals surface area contributed by atoms with E-state index in [0.29, 0.717) is 17.0 Å². The summed E-state index contributed by atoms with van der Waals surface area (Å²) in [5, 5.41) is 20.5. The number of benzene rings is 2. The number of nitrogens with zero attached hydrogens (tertiary/aromatic N) is 3. The molecule has 5 nitrogen and oxygen atoms in total. The lowest BCUT2D eigenvalue weighted by Crippen LogP contribution is -2.19. The van der Waals surface area contributed by atoms with E-state index in [1.54, 1.807) is 6.92 Å². The zero-order valence-corrected chi connectivity index (χ0v) is 22.2. The zero-order valence-electron chi connectivity index (χ0n) is 19.8. The normalized spacial score (nSPS) is 16.5. The second kappa shape index (κ2) is 12.0. The summed E-state index contributed by atoms with van der Waals surface area (Å²) in [5.74, 6) is -0.579. The lowest BCUT2D eigenvalue weighted by molar-refractivity contribution is -0.138. The third kappa shape index (κ3) is 5.70. The van der Waals surface area contributed by atoms with Crippen LogP contribution in [0.15, 0.2) is 81.3 Å². The van der Waals surface area contributed by atoms with Crippen molar-refractivity contribution < 1.29 is 9.53 Å². The van der Waals surface area contributed by atoms with Gasteiger partial charge in [-0.3, -0.25) is 0 Å². The largest absolute Gasteiger partial charge is 0.462 e. The van der Waals surface area contributed by atoms with Gasteiger partial charge in [0.2, 0.25) is 0 Å². The predicted octanol–water partition coefficient (Wildman–Crippen LogP) is 7.47. The van der Waals surface area contributed by atoms with Gasteiger partial charge in [0.05, 0.1) is 17.9 Å². The van der Waals surface area contributed by atoms with Crippen LogP contribution in [0.1, 0.15) is 38.2 Å². The zero-order chi connectivity index (χ0) is 25.5. The SMILES string of the molecule is CCOC(=O)C(C#N)=C1CCCCC1Sc1nc(-c2ccc(Br)cc2)cc(-c2ccccc2)c1C#N. The topological polar surface area (TPSA) is 86.8 Å². The summed E-state index contributed by atoms with van der Waals surface area (Å²) in [5.41, 5.74) is 4.79. The van der Waals surface area contributed by atoms with Crippen molar-refractivity contribution >= 4 is 33.7 Å². The molecule has 1 saturated carbocycles. The molecular weight excluding hydrogens is 534 g/mol. The van der Waals surface area contributed by atoms with Gasteiger partial charge in [-0.25, -0.2) is 9.78 Å². The Kier molecular flexibility index (Phi) is 8.59. The van der Waals surface area contributed by atoms with E-state index in [1.165, 1.54) is 11.8 Å². The van der Waals surface area contributed by atoms with Gasteiger partial charge in [-0.2, -0.15) is 10.5 Å². The molecule has 1 fully saturated rings. The van der Waals surface area contributed by atoms with Crippen LogP contribution in [0.4, 0.5) is 0 Å². The van der Waals surface area contributed by atoms with Crippen LogP contribution >= 0.6 is 27.7 Å². The fourth-order valence-electron chi connectivity index (χ4n) is 4.31. The summed E-state index contributed by atoms with van der Waals surface area (Å²) in [6.45, 7) is 1.94. The maximum Gasteiger partial charge on any atom is 0.348 e. The Morgan fingerprint density at radius 2 is 1.86 bits per heavy atom. The molecule has 0 saturated heterocycles. The van der Waals surface area contributed by atoms with E-state index in [1.807, 2.05) is 60.7 Å². The summed E-state index contributed by atoms with van der Waals surface area (Å²) < 4.78 is 6.12. The minimum atomic E-state index is -0.579. The van der Waals surface area contributed by atoms with Gasteiger partial charge in [0.25, 0.3) is 0 Å². The van der Waals surface area contributed by atoms with E-state index >= 15 is 0 Å². The summed E-state index contributed by atoms with van der Waals surface area (Å²) in [6, 6.07) is 24.1. The molecule has 0 bridgehead atoms. The Bertz CT molecular complexity index is 1370. The molecule has 2 aromatic carbocycles. The Balaban J connectivity index is 1.85. The van der Waals surface area contributed by atoms with Gasteiger partial charge in [0.1, 0.15) is 22.7 Å². The van der Waals surface area contributed by atoms with Gasteiger partial charge >= 0.3 is 5.97 Å². The van der Waals surface area contributed by atoms with E-state index in [-0.39, 0.29) is 17.4 Å². The maximum absolute atomic E-state index is 12.5. The molecule has 1 aliphatic carbocycles. The summed E-state index contributed by atoms with van der Waals surface area (Å²) in [7, 11) is 0. The number of rotatable bonds is 6. The third-order valence-corrected chi connectivity index (χ3v) is 7.89. The van der Waals surface area contributed by atoms with Gasteiger partial charge in [-0.05, 0) is 55.5 Å². The number of pyridine rings is 1. The number of thioether (sulfide) groups is 1. The molecule has 180 valence electrons. The highest BCUT2D eigenvalue weighted by Gasteiger charge is 2.29. The molecule has 0 amide bonds. The second-order valence-corrected chi connectivity index (χ2v) is 10.4. The van der Waals surface area contributed by atoms with Gasteiger partial charge in [0, 0.05) is 20.8 Å². The van der Waals surface area contributed by atoms with Crippen LogP contribution in [-0.2, 0) is 9.53 Å². The van der Waals surface area contributed by atoms with E-state index in [2.05, 4.69) is 28.1 Å². The number of aromatic nitrogens is 1. The van der Waals surface area contributed by atoms with E-state index in [0.717, 1.165) is 51.7 Å². The number of nitriles is 2. The van der Waals surface area contributed by atoms with Crippen LogP contribution in [-0.4, -0.2) is 22.8 Å². The van der Waals surface area contributed by atoms with E-state index in [4.69, 9.17) is 9.72 Å². The Morgan fingerprint density at radius 1 is 1.11 bits per heavy atom. The highest BCUT2D eigenvalue weighted by atomic mass is 79.9. The molecule has 0 radical (unpaired) electrons. The first-order valence-electron chi connectivity index (χ1n) is 11.8. The van der Waals surface area contributed by atoms with Gasteiger partial charge in [0.15, 0.2) is 0 Å². The minimum Gasteiger partial charge on any atom is -0.462 e. The molecular formula is C29H24BrN3O2S. The Morgan fingerprint density at radius 3 is 2.53 bits per heavy atom. The molecule has 1 unspecified atom stereocenters. The fraction of sp³-hybridized carbons (Fsp3) is 0.241. The van der Waals surface area contributed by atoms with Crippen LogP contribution in [0, 0.1) is 22.7 Å². The molecule has 4 rings (SSSR count). The van der Waals surface area contributed by atoms with Crippen molar-refractivity contribution in [1.29, 1.82) is 10.5 Å². The minimum absolute atomic E-state index is 0.0832. The molecule has 0 N–H and O–H groups in total. The molecule has 36 heavy (non-hydrogen) atoms. The molecule has 1 aliphatic rings. The van der Waals surface area contributed by atoms with Crippen LogP contribution in [0.2, 0.25) is 0 Å². The monoisotopic (exact) mass is 557 g/mol. The molecule has 1 aromatic heterocycles. The first-order chi connectivity index (χ1) is 17.5. The number of halogens is 1. The summed E-state index contributed by atoms with van der Waals surface area (Å²) >= 11 is 4.95. The smallest absolute Gasteiger partial charge is 0.348 e. The number of hydrogen-bond acceptors (Lipinski definition) is 6. The van der Waals surface area contributed by atoms with Crippen molar-refractivity contribution in [3.63, 3.8) is 0 Å². The van der Waals surface area contributed by atoms with E-state index < -0.39 is 5.97 Å². The van der Waals surface area contributed by atoms with Crippen molar-refractivity contribution in [1.82, 2.24) is 4.98 Å². The molecule has 1 heterocycles. The summed E-state index contributed by atoms with van der Waals surface area (Å²) in [6.07, 6.45) is 3.33. The maximum atomic E-state index is 12.5. The Labute approximate surface area is 223 Å². The van der Waals surface area contributed by atoms with Crippen LogP contribution in [0.5, 0.6) is 0 Å². The van der Waals surface area contributed by atoms with Crippen LogP contribution in [0.25, 0.3) is 22.4 Å². The number of carbonyl (C=O) groups is 1. The van der Waals surface area contributed by atoms with Crippen molar-refractivity contribution in [3.8, 4) is 34.5 Å². The quantitative estimate of drug-likeness (QED) is 0.177. The van der Waals surface area contributed by atoms with Gasteiger partial charge < -0.3 is 4.74 Å². The average Bonchev–Trinajstić information content (AvgIpc) is 2.91. The number of hydrogen-bond donors (Lipinski definition) is 0. The number of esters is 1. The van der Waals surface area contributed by atoms with Crippen molar-refractivity contribution in [3.05, 3.63) is 81.8 Å². The first-order valence-corrected chi connectivity index (χ1v) is 13.5. The average molecular weight is 559 g/mol. The Hall–Kier alpha value is -3.39.